The van der Waals surface area contributed by atoms with Crippen molar-refractivity contribution < 1.29 is 4.79 Å². The zero-order chi connectivity index (χ0) is 13.6. The number of nitrogens with two attached hydrogens (primary N) is 1. The Balaban J connectivity index is 1.79. The van der Waals surface area contributed by atoms with Crippen LogP contribution in [0.25, 0.3) is 0 Å². The first kappa shape index (κ1) is 13.4. The van der Waals surface area contributed by atoms with E-state index in [1.54, 1.807) is 0 Å². The minimum atomic E-state index is -0.249. The van der Waals surface area contributed by atoms with Crippen LogP contribution in [-0.4, -0.2) is 29.9 Å². The van der Waals surface area contributed by atoms with Gasteiger partial charge in [-0.2, -0.15) is 0 Å². The lowest BCUT2D eigenvalue weighted by Crippen LogP contribution is -2.60. The van der Waals surface area contributed by atoms with Crippen molar-refractivity contribution in [3.05, 3.63) is 0 Å². The smallest absolute Gasteiger partial charge is 0.240 e. The normalized spacial score (nSPS) is 41.3. The van der Waals surface area contributed by atoms with Gasteiger partial charge in [-0.25, -0.2) is 0 Å². The van der Waals surface area contributed by atoms with Crippen LogP contribution in [0.2, 0.25) is 0 Å². The van der Waals surface area contributed by atoms with E-state index in [2.05, 4.69) is 0 Å². The van der Waals surface area contributed by atoms with Crippen LogP contribution in [0.15, 0.2) is 0 Å². The van der Waals surface area contributed by atoms with Gasteiger partial charge < -0.3 is 10.6 Å². The molecular formula is C16H28N2O. The van der Waals surface area contributed by atoms with E-state index in [1.807, 2.05) is 18.7 Å². The van der Waals surface area contributed by atoms with Crippen LogP contribution < -0.4 is 5.73 Å². The van der Waals surface area contributed by atoms with Crippen molar-refractivity contribution in [1.82, 2.24) is 4.90 Å². The van der Waals surface area contributed by atoms with E-state index in [0.29, 0.717) is 0 Å². The SMILES string of the molecule is CCN(CC)C(=O)[C@@H](N)C12CC3CC(CC(C3)C1)C2. The van der Waals surface area contributed by atoms with E-state index in [0.717, 1.165) is 30.8 Å². The number of carbonyl (C=O) groups is 1. The molecule has 0 heterocycles. The third-order valence-electron chi connectivity index (χ3n) is 6.09. The van der Waals surface area contributed by atoms with Crippen LogP contribution in [0.4, 0.5) is 0 Å². The Morgan fingerprint density at radius 1 is 1.11 bits per heavy atom. The maximum atomic E-state index is 12.6. The molecule has 0 saturated heterocycles. The van der Waals surface area contributed by atoms with Gasteiger partial charge in [-0.05, 0) is 75.5 Å². The molecule has 3 nitrogen and oxygen atoms in total. The first-order chi connectivity index (χ1) is 9.08. The molecule has 0 aromatic heterocycles. The molecule has 1 atom stereocenters. The molecule has 4 fully saturated rings. The first-order valence-corrected chi connectivity index (χ1v) is 8.12. The van der Waals surface area contributed by atoms with Gasteiger partial charge in [-0.1, -0.05) is 0 Å². The molecule has 0 unspecified atom stereocenters. The highest BCUT2D eigenvalue weighted by atomic mass is 16.2. The zero-order valence-corrected chi connectivity index (χ0v) is 12.4. The highest BCUT2D eigenvalue weighted by Crippen LogP contribution is 2.61. The molecule has 1 amide bonds. The van der Waals surface area contributed by atoms with Crippen LogP contribution in [0.3, 0.4) is 0 Å². The molecule has 4 bridgehead atoms. The molecular weight excluding hydrogens is 236 g/mol. The molecule has 108 valence electrons. The number of likely N-dealkylation sites (N-methyl/N-ethyl adjacent to an activating group) is 1. The third-order valence-corrected chi connectivity index (χ3v) is 6.09. The van der Waals surface area contributed by atoms with Crippen molar-refractivity contribution in [2.45, 2.75) is 58.4 Å². The molecule has 3 heteroatoms. The molecule has 19 heavy (non-hydrogen) atoms. The standard InChI is InChI=1S/C16H28N2O/c1-3-18(4-2)15(19)14(17)16-8-11-5-12(9-16)7-13(6-11)10-16/h11-14H,3-10,17H2,1-2H3/t11?,12?,13?,14-,16?/m1/s1. The molecule has 0 spiro atoms. The lowest BCUT2D eigenvalue weighted by atomic mass is 9.47. The molecule has 2 N–H and O–H groups in total. The summed E-state index contributed by atoms with van der Waals surface area (Å²) in [5, 5.41) is 0. The number of hydrogen-bond donors (Lipinski definition) is 1. The first-order valence-electron chi connectivity index (χ1n) is 8.12. The lowest BCUT2D eigenvalue weighted by Gasteiger charge is -2.58. The monoisotopic (exact) mass is 264 g/mol. The van der Waals surface area contributed by atoms with E-state index in [9.17, 15) is 4.79 Å². The fourth-order valence-electron chi connectivity index (χ4n) is 5.55. The molecule has 4 rings (SSSR count). The Morgan fingerprint density at radius 2 is 1.53 bits per heavy atom. The molecule has 4 aliphatic carbocycles. The fraction of sp³-hybridized carbons (Fsp3) is 0.938. The minimum Gasteiger partial charge on any atom is -0.342 e. The highest BCUT2D eigenvalue weighted by Gasteiger charge is 2.55. The Morgan fingerprint density at radius 3 is 1.89 bits per heavy atom. The Bertz CT molecular complexity index is 326. The predicted octanol–water partition coefficient (Wildman–Crippen LogP) is 2.40. The second-order valence-electron chi connectivity index (χ2n) is 7.27. The molecule has 0 aromatic carbocycles. The molecule has 4 saturated carbocycles. The summed E-state index contributed by atoms with van der Waals surface area (Å²) in [7, 11) is 0. The Kier molecular flexibility index (Phi) is 3.36. The summed E-state index contributed by atoms with van der Waals surface area (Å²) >= 11 is 0. The van der Waals surface area contributed by atoms with Gasteiger partial charge in [0.2, 0.25) is 5.91 Å². The Labute approximate surface area is 116 Å². The van der Waals surface area contributed by atoms with E-state index in [4.69, 9.17) is 5.73 Å². The van der Waals surface area contributed by atoms with E-state index in [-0.39, 0.29) is 17.4 Å². The summed E-state index contributed by atoms with van der Waals surface area (Å²) in [5.74, 6) is 2.79. The van der Waals surface area contributed by atoms with Gasteiger partial charge in [0.05, 0.1) is 6.04 Å². The minimum absolute atomic E-state index is 0.147. The average molecular weight is 264 g/mol. The second kappa shape index (κ2) is 4.76. The van der Waals surface area contributed by atoms with Crippen molar-refractivity contribution in [1.29, 1.82) is 0 Å². The van der Waals surface area contributed by atoms with Gasteiger partial charge >= 0.3 is 0 Å². The molecule has 0 aliphatic heterocycles. The second-order valence-corrected chi connectivity index (χ2v) is 7.27. The third kappa shape index (κ3) is 2.10. The van der Waals surface area contributed by atoms with Gasteiger partial charge in [0, 0.05) is 13.1 Å². The van der Waals surface area contributed by atoms with Crippen LogP contribution >= 0.6 is 0 Å². The van der Waals surface area contributed by atoms with Gasteiger partial charge in [-0.15, -0.1) is 0 Å². The van der Waals surface area contributed by atoms with Gasteiger partial charge in [-0.3, -0.25) is 4.79 Å². The molecule has 0 radical (unpaired) electrons. The quantitative estimate of drug-likeness (QED) is 0.847. The maximum Gasteiger partial charge on any atom is 0.240 e. The highest BCUT2D eigenvalue weighted by molar-refractivity contribution is 5.82. The van der Waals surface area contributed by atoms with Gasteiger partial charge in [0.25, 0.3) is 0 Å². The van der Waals surface area contributed by atoms with Crippen LogP contribution in [0, 0.1) is 23.2 Å². The van der Waals surface area contributed by atoms with E-state index < -0.39 is 0 Å². The van der Waals surface area contributed by atoms with Crippen LogP contribution in [0.5, 0.6) is 0 Å². The van der Waals surface area contributed by atoms with Gasteiger partial charge in [0.15, 0.2) is 0 Å². The summed E-state index contributed by atoms with van der Waals surface area (Å²) in [6, 6.07) is -0.249. The fourth-order valence-corrected chi connectivity index (χ4v) is 5.55. The van der Waals surface area contributed by atoms with Crippen LogP contribution in [-0.2, 0) is 4.79 Å². The zero-order valence-electron chi connectivity index (χ0n) is 12.4. The number of hydrogen-bond acceptors (Lipinski definition) is 2. The summed E-state index contributed by atoms with van der Waals surface area (Å²) in [5.41, 5.74) is 6.62. The van der Waals surface area contributed by atoms with Gasteiger partial charge in [0.1, 0.15) is 0 Å². The van der Waals surface area contributed by atoms with E-state index >= 15 is 0 Å². The maximum absolute atomic E-state index is 12.6. The Hall–Kier alpha value is -0.570. The summed E-state index contributed by atoms with van der Waals surface area (Å²) < 4.78 is 0. The largest absolute Gasteiger partial charge is 0.342 e. The number of rotatable bonds is 4. The lowest BCUT2D eigenvalue weighted by molar-refractivity contribution is -0.142. The van der Waals surface area contributed by atoms with Crippen molar-refractivity contribution in [3.8, 4) is 0 Å². The van der Waals surface area contributed by atoms with Crippen molar-refractivity contribution in [3.63, 3.8) is 0 Å². The summed E-state index contributed by atoms with van der Waals surface area (Å²) in [4.78, 5) is 14.5. The van der Waals surface area contributed by atoms with Crippen molar-refractivity contribution >= 4 is 5.91 Å². The number of nitrogens with zero attached hydrogens (tertiary/aromatic N) is 1. The number of amides is 1. The molecule has 0 aromatic rings. The molecule has 4 aliphatic rings. The average Bonchev–Trinajstić information content (AvgIpc) is 2.37. The predicted molar refractivity (Wildman–Crippen MR) is 76.5 cm³/mol. The topological polar surface area (TPSA) is 46.3 Å². The number of carbonyl (C=O) groups excluding carboxylic acids is 1. The van der Waals surface area contributed by atoms with Crippen molar-refractivity contribution in [2.75, 3.05) is 13.1 Å². The summed E-state index contributed by atoms with van der Waals surface area (Å²) in [6.45, 7) is 5.67. The van der Waals surface area contributed by atoms with E-state index in [1.165, 1.54) is 38.5 Å². The van der Waals surface area contributed by atoms with Crippen molar-refractivity contribution in [2.24, 2.45) is 28.9 Å². The van der Waals surface area contributed by atoms with Crippen LogP contribution in [0.1, 0.15) is 52.4 Å². The summed E-state index contributed by atoms with van der Waals surface area (Å²) in [6.07, 6.45) is 7.87.